The molecule has 3 rings (SSSR count). The van der Waals surface area contributed by atoms with Gasteiger partial charge in [0.05, 0.1) is 5.56 Å². The van der Waals surface area contributed by atoms with E-state index >= 15 is 0 Å². The second kappa shape index (κ2) is 10.3. The summed E-state index contributed by atoms with van der Waals surface area (Å²) < 4.78 is 68.5. The minimum atomic E-state index is -2.20. The van der Waals surface area contributed by atoms with Crippen molar-refractivity contribution in [2.45, 2.75) is 13.0 Å². The quantitative estimate of drug-likeness (QED) is 0.230. The highest BCUT2D eigenvalue weighted by Gasteiger charge is 2.28. The molecule has 0 saturated carbocycles. The average Bonchev–Trinajstić information content (AvgIpc) is 2.82. The van der Waals surface area contributed by atoms with Crippen LogP contribution in [-0.2, 0) is 13.0 Å². The van der Waals surface area contributed by atoms with E-state index in [2.05, 4.69) is 30.6 Å². The molecule has 0 aliphatic rings. The van der Waals surface area contributed by atoms with Crippen LogP contribution in [0.5, 0.6) is 0 Å². The van der Waals surface area contributed by atoms with Gasteiger partial charge in [0.25, 0.3) is 0 Å². The summed E-state index contributed by atoms with van der Waals surface area (Å²) in [5, 5.41) is 3.27. The first-order chi connectivity index (χ1) is 15.7. The van der Waals surface area contributed by atoms with Gasteiger partial charge >= 0.3 is 0 Å². The van der Waals surface area contributed by atoms with Crippen molar-refractivity contribution in [1.29, 1.82) is 0 Å². The average molecular weight is 458 g/mol. The predicted molar refractivity (Wildman–Crippen MR) is 120 cm³/mol. The normalized spacial score (nSPS) is 10.7. The first kappa shape index (κ1) is 24.0. The van der Waals surface area contributed by atoms with Gasteiger partial charge < -0.3 is 10.2 Å². The van der Waals surface area contributed by atoms with E-state index in [0.29, 0.717) is 0 Å². The second-order valence-electron chi connectivity index (χ2n) is 7.59. The largest absolute Gasteiger partial charge is 0.385 e. The lowest BCUT2D eigenvalue weighted by Gasteiger charge is -2.23. The topological polar surface area (TPSA) is 15.3 Å². The van der Waals surface area contributed by atoms with E-state index in [4.69, 9.17) is 0 Å². The summed E-state index contributed by atoms with van der Waals surface area (Å²) in [6, 6.07) is 17.3. The van der Waals surface area contributed by atoms with Crippen LogP contribution in [0.1, 0.15) is 22.3 Å². The molecule has 1 N–H and O–H groups in total. The molecule has 0 spiro atoms. The van der Waals surface area contributed by atoms with E-state index in [9.17, 15) is 22.0 Å². The molecule has 0 aliphatic carbocycles. The first-order valence-corrected chi connectivity index (χ1v) is 10.2. The molecule has 0 saturated heterocycles. The fourth-order valence-electron chi connectivity index (χ4n) is 3.33. The Balaban J connectivity index is 1.63. The lowest BCUT2D eigenvalue weighted by atomic mass is 10.1. The highest BCUT2D eigenvalue weighted by molar-refractivity contribution is 5.64. The molecule has 2 nitrogen and oxygen atoms in total. The molecule has 0 radical (unpaired) electrons. The van der Waals surface area contributed by atoms with Crippen LogP contribution in [0, 0.1) is 29.1 Å². The minimum absolute atomic E-state index is 0.145. The molecule has 0 fully saturated rings. The van der Waals surface area contributed by atoms with Crippen molar-refractivity contribution >= 4 is 11.4 Å². The van der Waals surface area contributed by atoms with Crippen molar-refractivity contribution in [2.24, 2.45) is 0 Å². The molecule has 0 atom stereocenters. The fourth-order valence-corrected chi connectivity index (χ4v) is 3.33. The molecule has 33 heavy (non-hydrogen) atoms. The van der Waals surface area contributed by atoms with E-state index < -0.39 is 34.6 Å². The van der Waals surface area contributed by atoms with Crippen molar-refractivity contribution in [3.05, 3.63) is 119 Å². The minimum Gasteiger partial charge on any atom is -0.385 e. The molecule has 0 bridgehead atoms. The van der Waals surface area contributed by atoms with Gasteiger partial charge in [0.15, 0.2) is 23.3 Å². The van der Waals surface area contributed by atoms with Crippen LogP contribution >= 0.6 is 0 Å². The van der Waals surface area contributed by atoms with Crippen LogP contribution in [0.4, 0.5) is 22.0 Å². The molecule has 0 heterocycles. The molecule has 3 aromatic carbocycles. The Morgan fingerprint density at radius 1 is 0.758 bits per heavy atom. The van der Waals surface area contributed by atoms with Gasteiger partial charge in [-0.25, -0.2) is 22.0 Å². The SMILES string of the molecule is C=C(NCCc1ccccc1)c1ccc(CN(C)C(=C)c2c(F)c(F)c(F)c(F)c2F)cc1. The molecule has 7 heteroatoms. The number of nitrogens with one attached hydrogen (secondary N) is 1. The third-order valence-electron chi connectivity index (χ3n) is 5.28. The predicted octanol–water partition coefficient (Wildman–Crippen LogP) is 6.29. The van der Waals surface area contributed by atoms with Crippen molar-refractivity contribution in [2.75, 3.05) is 13.6 Å². The lowest BCUT2D eigenvalue weighted by molar-refractivity contribution is 0.371. The molecule has 0 aromatic heterocycles. The summed E-state index contributed by atoms with van der Waals surface area (Å²) >= 11 is 0. The van der Waals surface area contributed by atoms with Gasteiger partial charge in [0.1, 0.15) is 0 Å². The van der Waals surface area contributed by atoms with Gasteiger partial charge in [0.2, 0.25) is 5.82 Å². The van der Waals surface area contributed by atoms with Crippen molar-refractivity contribution < 1.29 is 22.0 Å². The standard InChI is InChI=1S/C26H23F5N2/c1-16(32-14-13-18-7-5-4-6-8-18)20-11-9-19(10-12-20)15-33(3)17(2)21-22(27)24(29)26(31)25(30)23(21)28/h4-12,32H,1-2,13-15H2,3H3. The highest BCUT2D eigenvalue weighted by atomic mass is 19.2. The smallest absolute Gasteiger partial charge is 0.200 e. The maximum absolute atomic E-state index is 14.1. The Morgan fingerprint density at radius 3 is 1.88 bits per heavy atom. The number of rotatable bonds is 9. The van der Waals surface area contributed by atoms with Crippen LogP contribution in [0.15, 0.2) is 67.8 Å². The number of halogens is 5. The summed E-state index contributed by atoms with van der Waals surface area (Å²) in [6.07, 6.45) is 0.850. The monoisotopic (exact) mass is 458 g/mol. The number of benzene rings is 3. The van der Waals surface area contributed by atoms with E-state index in [1.807, 2.05) is 30.3 Å². The Morgan fingerprint density at radius 2 is 1.30 bits per heavy atom. The van der Waals surface area contributed by atoms with Crippen LogP contribution in [0.25, 0.3) is 11.4 Å². The maximum Gasteiger partial charge on any atom is 0.200 e. The van der Waals surface area contributed by atoms with Gasteiger partial charge in [-0.2, -0.15) is 0 Å². The third kappa shape index (κ3) is 5.42. The Labute approximate surface area is 189 Å². The van der Waals surface area contributed by atoms with E-state index in [1.165, 1.54) is 17.5 Å². The first-order valence-electron chi connectivity index (χ1n) is 10.2. The van der Waals surface area contributed by atoms with Gasteiger partial charge in [-0.05, 0) is 23.1 Å². The molecule has 0 amide bonds. The Bertz CT molecular complexity index is 1130. The zero-order chi connectivity index (χ0) is 24.1. The summed E-state index contributed by atoms with van der Waals surface area (Å²) in [6.45, 7) is 8.42. The zero-order valence-corrected chi connectivity index (χ0v) is 18.1. The molecular formula is C26H23F5N2. The van der Waals surface area contributed by atoms with Crippen molar-refractivity contribution in [1.82, 2.24) is 10.2 Å². The molecule has 172 valence electrons. The van der Waals surface area contributed by atoms with E-state index in [0.717, 1.165) is 29.8 Å². The third-order valence-corrected chi connectivity index (χ3v) is 5.28. The van der Waals surface area contributed by atoms with Gasteiger partial charge in [-0.3, -0.25) is 0 Å². The van der Waals surface area contributed by atoms with Crippen LogP contribution in [0.3, 0.4) is 0 Å². The van der Waals surface area contributed by atoms with Crippen molar-refractivity contribution in [3.8, 4) is 0 Å². The Hall–Kier alpha value is -3.61. The molecule has 0 aliphatic heterocycles. The lowest BCUT2D eigenvalue weighted by Crippen LogP contribution is -2.19. The van der Waals surface area contributed by atoms with Crippen LogP contribution < -0.4 is 5.32 Å². The number of hydrogen-bond donors (Lipinski definition) is 1. The number of nitrogens with zero attached hydrogens (tertiary/aromatic N) is 1. The fraction of sp³-hybridized carbons (Fsp3) is 0.154. The van der Waals surface area contributed by atoms with Crippen LogP contribution in [-0.4, -0.2) is 18.5 Å². The number of hydrogen-bond acceptors (Lipinski definition) is 2. The van der Waals surface area contributed by atoms with Crippen molar-refractivity contribution in [3.63, 3.8) is 0 Å². The maximum atomic E-state index is 14.1. The zero-order valence-electron chi connectivity index (χ0n) is 18.1. The summed E-state index contributed by atoms with van der Waals surface area (Å²) in [5.74, 6) is -10.0. The molecule has 3 aromatic rings. The van der Waals surface area contributed by atoms with Crippen LogP contribution in [0.2, 0.25) is 0 Å². The molecule has 0 unspecified atom stereocenters. The summed E-state index contributed by atoms with van der Waals surface area (Å²) in [7, 11) is 1.46. The summed E-state index contributed by atoms with van der Waals surface area (Å²) in [5.41, 5.74) is 2.22. The molecular weight excluding hydrogens is 435 g/mol. The Kier molecular flexibility index (Phi) is 7.53. The van der Waals surface area contributed by atoms with E-state index in [-0.39, 0.29) is 12.2 Å². The summed E-state index contributed by atoms with van der Waals surface area (Å²) in [4.78, 5) is 1.32. The van der Waals surface area contributed by atoms with E-state index in [1.54, 1.807) is 12.1 Å². The highest BCUT2D eigenvalue weighted by Crippen LogP contribution is 2.29. The second-order valence-corrected chi connectivity index (χ2v) is 7.59. The van der Waals surface area contributed by atoms with Gasteiger partial charge in [-0.15, -0.1) is 0 Å². The van der Waals surface area contributed by atoms with Gasteiger partial charge in [0, 0.05) is 31.5 Å². The van der Waals surface area contributed by atoms with Gasteiger partial charge in [-0.1, -0.05) is 67.8 Å².